The summed E-state index contributed by atoms with van der Waals surface area (Å²) in [6.07, 6.45) is 1.62. The molecular weight excluding hydrogens is 268 g/mol. The fraction of sp³-hybridized carbons (Fsp3) is 0.0833. The highest BCUT2D eigenvalue weighted by atomic mass is 79.9. The Kier molecular flexibility index (Phi) is 3.41. The Balaban J connectivity index is 2.11. The zero-order valence-electron chi connectivity index (χ0n) is 8.53. The van der Waals surface area contributed by atoms with Crippen LogP contribution in [0.5, 0.6) is 0 Å². The molecule has 16 heavy (non-hydrogen) atoms. The lowest BCUT2D eigenvalue weighted by atomic mass is 10.2. The van der Waals surface area contributed by atoms with Crippen molar-refractivity contribution in [3.63, 3.8) is 0 Å². The standard InChI is InChI=1S/C12H11BrN2O/c13-10-6-11(12(16)15-8-10)14-7-9-4-2-1-3-5-9/h1-6,8,14H,7H2,(H,15,16). The quantitative estimate of drug-likeness (QED) is 0.907. The number of aromatic nitrogens is 1. The fourth-order valence-corrected chi connectivity index (χ4v) is 1.73. The average Bonchev–Trinajstić information content (AvgIpc) is 2.32. The van der Waals surface area contributed by atoms with Crippen molar-refractivity contribution in [2.75, 3.05) is 5.32 Å². The Hall–Kier alpha value is -1.55. The van der Waals surface area contributed by atoms with E-state index in [1.54, 1.807) is 12.3 Å². The second kappa shape index (κ2) is 4.99. The lowest BCUT2D eigenvalue weighted by Crippen LogP contribution is -2.13. The van der Waals surface area contributed by atoms with Gasteiger partial charge in [0, 0.05) is 17.2 Å². The Morgan fingerprint density at radius 1 is 1.25 bits per heavy atom. The number of benzene rings is 1. The number of halogens is 1. The molecule has 1 aromatic heterocycles. The molecule has 3 nitrogen and oxygen atoms in total. The van der Waals surface area contributed by atoms with Gasteiger partial charge < -0.3 is 10.3 Å². The molecular formula is C12H11BrN2O. The van der Waals surface area contributed by atoms with Crippen LogP contribution in [-0.2, 0) is 6.54 Å². The van der Waals surface area contributed by atoms with Gasteiger partial charge in [-0.05, 0) is 27.6 Å². The van der Waals surface area contributed by atoms with Crippen LogP contribution in [0.3, 0.4) is 0 Å². The van der Waals surface area contributed by atoms with Crippen LogP contribution in [0.15, 0.2) is 51.9 Å². The predicted octanol–water partition coefficient (Wildman–Crippen LogP) is 2.75. The van der Waals surface area contributed by atoms with Crippen LogP contribution in [0.2, 0.25) is 0 Å². The first kappa shape index (κ1) is 11.0. The van der Waals surface area contributed by atoms with Crippen LogP contribution in [0.4, 0.5) is 5.69 Å². The largest absolute Gasteiger partial charge is 0.376 e. The van der Waals surface area contributed by atoms with E-state index in [1.165, 1.54) is 0 Å². The highest BCUT2D eigenvalue weighted by Gasteiger charge is 1.99. The van der Waals surface area contributed by atoms with Crippen molar-refractivity contribution < 1.29 is 0 Å². The van der Waals surface area contributed by atoms with Gasteiger partial charge in [0.2, 0.25) is 0 Å². The van der Waals surface area contributed by atoms with Gasteiger partial charge in [-0.1, -0.05) is 30.3 Å². The molecule has 4 heteroatoms. The number of anilines is 1. The summed E-state index contributed by atoms with van der Waals surface area (Å²) in [4.78, 5) is 14.1. The summed E-state index contributed by atoms with van der Waals surface area (Å²) in [5, 5.41) is 3.10. The van der Waals surface area contributed by atoms with Crippen molar-refractivity contribution in [1.82, 2.24) is 4.98 Å². The third-order valence-electron chi connectivity index (χ3n) is 2.19. The highest BCUT2D eigenvalue weighted by Crippen LogP contribution is 2.11. The molecule has 2 rings (SSSR count). The van der Waals surface area contributed by atoms with Crippen molar-refractivity contribution in [2.45, 2.75) is 6.54 Å². The first-order valence-corrected chi connectivity index (χ1v) is 5.71. The van der Waals surface area contributed by atoms with Gasteiger partial charge >= 0.3 is 0 Å². The third-order valence-corrected chi connectivity index (χ3v) is 2.65. The Bertz CT molecular complexity index is 522. The van der Waals surface area contributed by atoms with Crippen molar-refractivity contribution in [1.29, 1.82) is 0 Å². The van der Waals surface area contributed by atoms with Crippen molar-refractivity contribution in [3.05, 3.63) is 63.0 Å². The average molecular weight is 279 g/mol. The molecule has 2 N–H and O–H groups in total. The van der Waals surface area contributed by atoms with Crippen molar-refractivity contribution >= 4 is 21.6 Å². The normalized spacial score (nSPS) is 10.1. The summed E-state index contributed by atoms with van der Waals surface area (Å²) in [5.41, 5.74) is 1.60. The molecule has 0 bridgehead atoms. The molecule has 0 amide bonds. The summed E-state index contributed by atoms with van der Waals surface area (Å²) in [6.45, 7) is 0.639. The van der Waals surface area contributed by atoms with Gasteiger partial charge in [-0.3, -0.25) is 4.79 Å². The van der Waals surface area contributed by atoms with E-state index in [1.807, 2.05) is 30.3 Å². The maximum atomic E-state index is 11.5. The smallest absolute Gasteiger partial charge is 0.271 e. The second-order valence-corrected chi connectivity index (χ2v) is 4.32. The van der Waals surface area contributed by atoms with Gasteiger partial charge in [0.1, 0.15) is 5.69 Å². The van der Waals surface area contributed by atoms with E-state index >= 15 is 0 Å². The highest BCUT2D eigenvalue weighted by molar-refractivity contribution is 9.10. The van der Waals surface area contributed by atoms with Crippen LogP contribution >= 0.6 is 15.9 Å². The van der Waals surface area contributed by atoms with Gasteiger partial charge in [-0.2, -0.15) is 0 Å². The zero-order valence-corrected chi connectivity index (χ0v) is 10.1. The third kappa shape index (κ3) is 2.73. The van der Waals surface area contributed by atoms with E-state index in [4.69, 9.17) is 0 Å². The van der Waals surface area contributed by atoms with Gasteiger partial charge in [0.15, 0.2) is 0 Å². The Labute approximate surface area is 102 Å². The van der Waals surface area contributed by atoms with Crippen LogP contribution in [0.25, 0.3) is 0 Å². The van der Waals surface area contributed by atoms with E-state index in [-0.39, 0.29) is 5.56 Å². The minimum atomic E-state index is -0.112. The summed E-state index contributed by atoms with van der Waals surface area (Å²) < 4.78 is 0.850. The van der Waals surface area contributed by atoms with E-state index in [2.05, 4.69) is 26.2 Å². The van der Waals surface area contributed by atoms with Crippen molar-refractivity contribution in [3.8, 4) is 0 Å². The molecule has 0 unspecified atom stereocenters. The van der Waals surface area contributed by atoms with E-state index in [0.29, 0.717) is 12.2 Å². The number of hydrogen-bond acceptors (Lipinski definition) is 2. The summed E-state index contributed by atoms with van der Waals surface area (Å²) in [6, 6.07) is 11.7. The van der Waals surface area contributed by atoms with Crippen LogP contribution in [0.1, 0.15) is 5.56 Å². The predicted molar refractivity (Wildman–Crippen MR) is 68.5 cm³/mol. The van der Waals surface area contributed by atoms with Gasteiger partial charge in [0.05, 0.1) is 0 Å². The SMILES string of the molecule is O=c1[nH]cc(Br)cc1NCc1ccccc1. The van der Waals surface area contributed by atoms with E-state index in [9.17, 15) is 4.79 Å². The van der Waals surface area contributed by atoms with E-state index in [0.717, 1.165) is 10.0 Å². The summed E-state index contributed by atoms with van der Waals surface area (Å²) in [7, 11) is 0. The zero-order chi connectivity index (χ0) is 11.4. The van der Waals surface area contributed by atoms with E-state index < -0.39 is 0 Å². The number of hydrogen-bond donors (Lipinski definition) is 2. The fourth-order valence-electron chi connectivity index (χ4n) is 1.38. The molecule has 1 heterocycles. The number of H-pyrrole nitrogens is 1. The number of rotatable bonds is 3. The lowest BCUT2D eigenvalue weighted by molar-refractivity contribution is 1.11. The second-order valence-electron chi connectivity index (χ2n) is 3.40. The number of aromatic amines is 1. The van der Waals surface area contributed by atoms with Crippen molar-refractivity contribution in [2.24, 2.45) is 0 Å². The molecule has 0 radical (unpaired) electrons. The number of pyridine rings is 1. The molecule has 0 aliphatic rings. The van der Waals surface area contributed by atoms with Crippen LogP contribution in [0, 0.1) is 0 Å². The minimum Gasteiger partial charge on any atom is -0.376 e. The molecule has 0 saturated carbocycles. The number of nitrogens with one attached hydrogen (secondary N) is 2. The molecule has 0 aliphatic heterocycles. The lowest BCUT2D eigenvalue weighted by Gasteiger charge is -2.05. The Morgan fingerprint density at radius 2 is 2.00 bits per heavy atom. The maximum absolute atomic E-state index is 11.5. The molecule has 0 spiro atoms. The molecule has 82 valence electrons. The minimum absolute atomic E-state index is 0.112. The van der Waals surface area contributed by atoms with Crippen LogP contribution < -0.4 is 10.9 Å². The Morgan fingerprint density at radius 3 is 2.75 bits per heavy atom. The molecule has 0 saturated heterocycles. The van der Waals surface area contributed by atoms with Gasteiger partial charge in [-0.15, -0.1) is 0 Å². The first-order chi connectivity index (χ1) is 7.75. The molecule has 2 aromatic rings. The van der Waals surface area contributed by atoms with Crippen LogP contribution in [-0.4, -0.2) is 4.98 Å². The monoisotopic (exact) mass is 278 g/mol. The topological polar surface area (TPSA) is 44.9 Å². The molecule has 0 fully saturated rings. The van der Waals surface area contributed by atoms with Gasteiger partial charge in [-0.25, -0.2) is 0 Å². The summed E-state index contributed by atoms with van der Waals surface area (Å²) in [5.74, 6) is 0. The maximum Gasteiger partial charge on any atom is 0.271 e. The summed E-state index contributed by atoms with van der Waals surface area (Å²) >= 11 is 3.31. The molecule has 1 aromatic carbocycles. The molecule has 0 atom stereocenters. The van der Waals surface area contributed by atoms with Gasteiger partial charge in [0.25, 0.3) is 5.56 Å². The molecule has 0 aliphatic carbocycles. The first-order valence-electron chi connectivity index (χ1n) is 4.92.